The Morgan fingerprint density at radius 3 is 2.59 bits per heavy atom. The lowest BCUT2D eigenvalue weighted by Crippen LogP contribution is -2.51. The lowest BCUT2D eigenvalue weighted by Gasteiger charge is -2.33. The number of hydrogen-bond donors (Lipinski definition) is 1. The van der Waals surface area contributed by atoms with Crippen LogP contribution in [0.1, 0.15) is 25.0 Å². The average molecular weight is 496 g/mol. The van der Waals surface area contributed by atoms with Crippen molar-refractivity contribution >= 4 is 46.7 Å². The summed E-state index contributed by atoms with van der Waals surface area (Å²) in [5.74, 6) is -0.648. The second-order valence-electron chi connectivity index (χ2n) is 9.07. The summed E-state index contributed by atoms with van der Waals surface area (Å²) in [5.41, 5.74) is 2.72. The van der Waals surface area contributed by atoms with E-state index in [1.807, 2.05) is 50.2 Å². The van der Waals surface area contributed by atoms with Crippen molar-refractivity contribution in [3.8, 4) is 0 Å². The SMILES string of the molecule is CC1(C)CN(C(=O)Nc2cccc(F)c2)[C@]2(S1)C(=O)N(Cc1ccccc1)c1ccc(Cl)cc12. The first-order valence-electron chi connectivity index (χ1n) is 10.9. The molecule has 1 atom stereocenters. The maximum atomic E-state index is 14.2. The van der Waals surface area contributed by atoms with Gasteiger partial charge in [0.15, 0.2) is 4.87 Å². The molecule has 1 spiro atoms. The summed E-state index contributed by atoms with van der Waals surface area (Å²) >= 11 is 7.83. The minimum absolute atomic E-state index is 0.196. The van der Waals surface area contributed by atoms with Crippen LogP contribution in [0.5, 0.6) is 0 Å². The third-order valence-electron chi connectivity index (χ3n) is 6.00. The van der Waals surface area contributed by atoms with E-state index in [0.29, 0.717) is 29.4 Å². The van der Waals surface area contributed by atoms with E-state index < -0.39 is 21.5 Å². The molecule has 0 saturated carbocycles. The van der Waals surface area contributed by atoms with E-state index in [4.69, 9.17) is 11.6 Å². The lowest BCUT2D eigenvalue weighted by molar-refractivity contribution is -0.123. The Labute approximate surface area is 206 Å². The molecule has 0 aliphatic carbocycles. The van der Waals surface area contributed by atoms with Gasteiger partial charge in [-0.1, -0.05) is 48.0 Å². The number of urea groups is 1. The van der Waals surface area contributed by atoms with Gasteiger partial charge in [-0.25, -0.2) is 9.18 Å². The highest BCUT2D eigenvalue weighted by molar-refractivity contribution is 8.02. The molecule has 5 nitrogen and oxygen atoms in total. The summed E-state index contributed by atoms with van der Waals surface area (Å²) in [4.78, 5) is 29.7. The monoisotopic (exact) mass is 495 g/mol. The largest absolute Gasteiger partial charge is 0.323 e. The van der Waals surface area contributed by atoms with Crippen LogP contribution in [0.2, 0.25) is 5.02 Å². The van der Waals surface area contributed by atoms with Crippen molar-refractivity contribution in [1.29, 1.82) is 0 Å². The third kappa shape index (κ3) is 3.83. The Hall–Kier alpha value is -3.03. The van der Waals surface area contributed by atoms with Gasteiger partial charge < -0.3 is 10.2 Å². The van der Waals surface area contributed by atoms with Gasteiger partial charge in [-0.3, -0.25) is 9.69 Å². The number of benzene rings is 3. The third-order valence-corrected chi connectivity index (χ3v) is 7.82. The summed E-state index contributed by atoms with van der Waals surface area (Å²) in [6.07, 6.45) is 0. The normalized spacial score (nSPS) is 20.6. The van der Waals surface area contributed by atoms with Crippen LogP contribution in [-0.4, -0.2) is 28.1 Å². The van der Waals surface area contributed by atoms with E-state index in [0.717, 1.165) is 11.3 Å². The van der Waals surface area contributed by atoms with E-state index in [-0.39, 0.29) is 5.91 Å². The van der Waals surface area contributed by atoms with Crippen LogP contribution in [0, 0.1) is 5.82 Å². The summed E-state index contributed by atoms with van der Waals surface area (Å²) in [7, 11) is 0. The molecule has 1 N–H and O–H groups in total. The zero-order valence-corrected chi connectivity index (χ0v) is 20.3. The number of nitrogens with zero attached hydrogens (tertiary/aromatic N) is 2. The zero-order valence-electron chi connectivity index (χ0n) is 18.7. The number of thioether (sulfide) groups is 1. The van der Waals surface area contributed by atoms with E-state index in [1.165, 1.54) is 30.0 Å². The fourth-order valence-corrected chi connectivity index (χ4v) is 6.55. The van der Waals surface area contributed by atoms with Crippen molar-refractivity contribution in [2.75, 3.05) is 16.8 Å². The van der Waals surface area contributed by atoms with Crippen LogP contribution in [0.4, 0.5) is 20.6 Å². The number of carbonyl (C=O) groups is 2. The fraction of sp³-hybridized carbons (Fsp3) is 0.231. The van der Waals surface area contributed by atoms with Crippen molar-refractivity contribution < 1.29 is 14.0 Å². The van der Waals surface area contributed by atoms with Gasteiger partial charge in [-0.15, -0.1) is 11.8 Å². The molecule has 1 fully saturated rings. The summed E-state index contributed by atoms with van der Waals surface area (Å²) < 4.78 is 13.3. The smallest absolute Gasteiger partial charge is 0.308 e. The van der Waals surface area contributed by atoms with Crippen LogP contribution in [0.25, 0.3) is 0 Å². The molecule has 5 rings (SSSR count). The first kappa shape index (κ1) is 22.7. The zero-order chi connectivity index (χ0) is 24.1. The van der Waals surface area contributed by atoms with Gasteiger partial charge in [0, 0.05) is 27.6 Å². The Morgan fingerprint density at radius 1 is 1.09 bits per heavy atom. The van der Waals surface area contributed by atoms with Crippen molar-refractivity contribution in [2.45, 2.75) is 30.0 Å². The van der Waals surface area contributed by atoms with Gasteiger partial charge in [-0.2, -0.15) is 0 Å². The maximum Gasteiger partial charge on any atom is 0.323 e. The number of rotatable bonds is 3. The van der Waals surface area contributed by atoms with Crippen LogP contribution < -0.4 is 10.2 Å². The predicted molar refractivity (Wildman–Crippen MR) is 135 cm³/mol. The molecule has 0 radical (unpaired) electrons. The Balaban J connectivity index is 1.59. The average Bonchev–Trinajstić information content (AvgIpc) is 3.21. The van der Waals surface area contributed by atoms with Crippen LogP contribution >= 0.6 is 23.4 Å². The van der Waals surface area contributed by atoms with Gasteiger partial charge in [0.2, 0.25) is 0 Å². The summed E-state index contributed by atoms with van der Waals surface area (Å²) in [5, 5.41) is 3.26. The Kier molecular flexibility index (Phi) is 5.57. The molecular weight excluding hydrogens is 473 g/mol. The van der Waals surface area contributed by atoms with Gasteiger partial charge >= 0.3 is 6.03 Å². The molecule has 0 unspecified atom stereocenters. The molecule has 1 saturated heterocycles. The minimum Gasteiger partial charge on any atom is -0.308 e. The van der Waals surface area contributed by atoms with E-state index in [2.05, 4.69) is 5.32 Å². The predicted octanol–water partition coefficient (Wildman–Crippen LogP) is 6.24. The number of carbonyl (C=O) groups excluding carboxylic acids is 2. The summed E-state index contributed by atoms with van der Waals surface area (Å²) in [6, 6.07) is 20.3. The van der Waals surface area contributed by atoms with E-state index in [9.17, 15) is 14.0 Å². The Morgan fingerprint density at radius 2 is 1.85 bits per heavy atom. The highest BCUT2D eigenvalue weighted by Crippen LogP contribution is 2.60. The number of anilines is 2. The Bertz CT molecular complexity index is 1290. The molecule has 8 heteroatoms. The molecule has 3 amide bonds. The molecule has 3 aromatic rings. The van der Waals surface area contributed by atoms with Gasteiger partial charge in [0.25, 0.3) is 5.91 Å². The summed E-state index contributed by atoms with van der Waals surface area (Å²) in [6.45, 7) is 4.71. The molecule has 0 bridgehead atoms. The van der Waals surface area contributed by atoms with Crippen molar-refractivity contribution in [3.05, 3.63) is 94.8 Å². The quantitative estimate of drug-likeness (QED) is 0.468. The van der Waals surface area contributed by atoms with Gasteiger partial charge in [-0.05, 0) is 55.8 Å². The maximum absolute atomic E-state index is 14.2. The molecule has 0 aromatic heterocycles. The topological polar surface area (TPSA) is 52.7 Å². The molecule has 2 aliphatic heterocycles. The van der Waals surface area contributed by atoms with Crippen LogP contribution in [0.3, 0.4) is 0 Å². The number of halogens is 2. The number of amides is 3. The van der Waals surface area contributed by atoms with Gasteiger partial charge in [0.05, 0.1) is 12.2 Å². The molecule has 34 heavy (non-hydrogen) atoms. The first-order valence-corrected chi connectivity index (χ1v) is 12.1. The molecular formula is C26H23ClFN3O2S. The minimum atomic E-state index is -1.28. The van der Waals surface area contributed by atoms with Crippen molar-refractivity contribution in [3.63, 3.8) is 0 Å². The van der Waals surface area contributed by atoms with E-state index >= 15 is 0 Å². The molecule has 174 valence electrons. The number of hydrogen-bond acceptors (Lipinski definition) is 3. The molecule has 2 heterocycles. The fourth-order valence-electron chi connectivity index (χ4n) is 4.66. The lowest BCUT2D eigenvalue weighted by atomic mass is 10.0. The molecule has 2 aliphatic rings. The second-order valence-corrected chi connectivity index (χ2v) is 11.4. The number of fused-ring (bicyclic) bond motifs is 2. The highest BCUT2D eigenvalue weighted by atomic mass is 35.5. The van der Waals surface area contributed by atoms with Crippen molar-refractivity contribution in [2.24, 2.45) is 0 Å². The highest BCUT2D eigenvalue weighted by Gasteiger charge is 2.63. The van der Waals surface area contributed by atoms with E-state index in [1.54, 1.807) is 28.0 Å². The van der Waals surface area contributed by atoms with Crippen molar-refractivity contribution in [1.82, 2.24) is 4.90 Å². The second kappa shape index (κ2) is 8.32. The van der Waals surface area contributed by atoms with Crippen LogP contribution in [0.15, 0.2) is 72.8 Å². The molecule has 3 aromatic carbocycles. The number of nitrogens with one attached hydrogen (secondary N) is 1. The first-order chi connectivity index (χ1) is 16.2. The van der Waals surface area contributed by atoms with Gasteiger partial charge in [0.1, 0.15) is 5.82 Å². The van der Waals surface area contributed by atoms with Crippen LogP contribution in [-0.2, 0) is 16.2 Å². The standard InChI is InChI=1S/C26H23ClFN3O2S/c1-25(2)16-31(24(33)29-20-10-6-9-19(28)14-20)26(34-25)21-13-18(27)11-12-22(21)30(23(26)32)15-17-7-4-3-5-8-17/h3-14H,15-16H2,1-2H3,(H,29,33)/t26-/m1/s1.